The molecule has 0 saturated carbocycles. The lowest BCUT2D eigenvalue weighted by Crippen LogP contribution is -2.24. The highest BCUT2D eigenvalue weighted by atomic mass is 15.1. The fraction of sp³-hybridized carbons (Fsp3) is 0.625. The molecule has 1 aromatic carbocycles. The summed E-state index contributed by atoms with van der Waals surface area (Å²) >= 11 is 0. The molecular weight excluding hydrogens is 220 g/mol. The van der Waals surface area contributed by atoms with Crippen LogP contribution in [-0.4, -0.2) is 24.0 Å². The van der Waals surface area contributed by atoms with Gasteiger partial charge in [0, 0.05) is 19.1 Å². The molecule has 2 heteroatoms. The Morgan fingerprint density at radius 1 is 1.00 bits per heavy atom. The molecule has 1 atom stereocenters. The highest BCUT2D eigenvalue weighted by molar-refractivity contribution is 5.22. The largest absolute Gasteiger partial charge is 0.310 e. The lowest BCUT2D eigenvalue weighted by atomic mass is 10.1. The van der Waals surface area contributed by atoms with E-state index >= 15 is 0 Å². The minimum atomic E-state index is 0.598. The summed E-state index contributed by atoms with van der Waals surface area (Å²) in [6.45, 7) is 13.1. The van der Waals surface area contributed by atoms with Crippen LogP contribution in [0, 0.1) is 0 Å². The van der Waals surface area contributed by atoms with Crippen LogP contribution in [0.25, 0.3) is 0 Å². The van der Waals surface area contributed by atoms with Crippen molar-refractivity contribution >= 4 is 0 Å². The average molecular weight is 248 g/mol. The van der Waals surface area contributed by atoms with Crippen molar-refractivity contribution in [2.24, 2.45) is 0 Å². The van der Waals surface area contributed by atoms with Gasteiger partial charge in [0.05, 0.1) is 0 Å². The third kappa shape index (κ3) is 5.19. The van der Waals surface area contributed by atoms with Crippen molar-refractivity contribution in [3.8, 4) is 0 Å². The lowest BCUT2D eigenvalue weighted by Gasteiger charge is -2.18. The maximum atomic E-state index is 3.52. The Kier molecular flexibility index (Phi) is 6.99. The van der Waals surface area contributed by atoms with Gasteiger partial charge in [-0.25, -0.2) is 0 Å². The third-order valence-electron chi connectivity index (χ3n) is 3.59. The van der Waals surface area contributed by atoms with E-state index in [0.717, 1.165) is 26.2 Å². The summed E-state index contributed by atoms with van der Waals surface area (Å²) in [5, 5.41) is 3.52. The summed E-state index contributed by atoms with van der Waals surface area (Å²) < 4.78 is 0. The first kappa shape index (κ1) is 15.2. The van der Waals surface area contributed by atoms with Gasteiger partial charge < -0.3 is 5.32 Å². The van der Waals surface area contributed by atoms with Gasteiger partial charge in [0.2, 0.25) is 0 Å². The second kappa shape index (κ2) is 8.28. The fourth-order valence-corrected chi connectivity index (χ4v) is 1.90. The van der Waals surface area contributed by atoms with E-state index in [1.54, 1.807) is 0 Å². The molecule has 0 spiro atoms. The molecule has 102 valence electrons. The quantitative estimate of drug-likeness (QED) is 0.758. The van der Waals surface area contributed by atoms with Crippen LogP contribution in [0.5, 0.6) is 0 Å². The van der Waals surface area contributed by atoms with Crippen molar-refractivity contribution in [2.45, 2.75) is 53.2 Å². The molecule has 1 unspecified atom stereocenters. The topological polar surface area (TPSA) is 15.3 Å². The molecule has 0 saturated heterocycles. The molecule has 0 aliphatic rings. The van der Waals surface area contributed by atoms with Gasteiger partial charge in [-0.2, -0.15) is 0 Å². The van der Waals surface area contributed by atoms with Crippen LogP contribution in [0.1, 0.15) is 45.2 Å². The summed E-state index contributed by atoms with van der Waals surface area (Å²) in [4.78, 5) is 2.44. The van der Waals surface area contributed by atoms with Crippen molar-refractivity contribution in [2.75, 3.05) is 13.1 Å². The van der Waals surface area contributed by atoms with Crippen molar-refractivity contribution in [3.63, 3.8) is 0 Å². The first-order valence-corrected chi connectivity index (χ1v) is 7.23. The zero-order chi connectivity index (χ0) is 13.4. The summed E-state index contributed by atoms with van der Waals surface area (Å²) in [6, 6.07) is 9.60. The monoisotopic (exact) mass is 248 g/mol. The molecule has 1 rings (SSSR count). The number of benzene rings is 1. The fourth-order valence-electron chi connectivity index (χ4n) is 1.90. The molecule has 0 aliphatic heterocycles. The lowest BCUT2D eigenvalue weighted by molar-refractivity contribution is 0.296. The van der Waals surface area contributed by atoms with E-state index in [-0.39, 0.29) is 0 Å². The summed E-state index contributed by atoms with van der Waals surface area (Å²) in [5.41, 5.74) is 2.78. The molecule has 0 aliphatic carbocycles. The van der Waals surface area contributed by atoms with Gasteiger partial charge in [0.1, 0.15) is 0 Å². The zero-order valence-corrected chi connectivity index (χ0v) is 12.4. The molecule has 2 nitrogen and oxygen atoms in total. The van der Waals surface area contributed by atoms with E-state index in [1.165, 1.54) is 17.5 Å². The molecular formula is C16H28N2. The number of nitrogens with one attached hydrogen (secondary N) is 1. The standard InChI is InChI=1S/C16H28N2/c1-5-14(4)17-12-15-8-10-16(11-9-15)13-18(6-2)7-3/h8-11,14,17H,5-7,12-13H2,1-4H3. The Hall–Kier alpha value is -0.860. The number of hydrogen-bond acceptors (Lipinski definition) is 2. The van der Waals surface area contributed by atoms with Gasteiger partial charge >= 0.3 is 0 Å². The van der Waals surface area contributed by atoms with Gasteiger partial charge in [-0.1, -0.05) is 45.0 Å². The van der Waals surface area contributed by atoms with E-state index in [0.29, 0.717) is 6.04 Å². The Balaban J connectivity index is 2.47. The Bertz CT molecular complexity index is 314. The summed E-state index contributed by atoms with van der Waals surface area (Å²) in [5.74, 6) is 0. The summed E-state index contributed by atoms with van der Waals surface area (Å²) in [7, 11) is 0. The second-order valence-electron chi connectivity index (χ2n) is 4.97. The number of nitrogens with zero attached hydrogens (tertiary/aromatic N) is 1. The van der Waals surface area contributed by atoms with Gasteiger partial charge in [-0.3, -0.25) is 4.90 Å². The second-order valence-corrected chi connectivity index (χ2v) is 4.97. The smallest absolute Gasteiger partial charge is 0.0233 e. The van der Waals surface area contributed by atoms with Gasteiger partial charge in [-0.05, 0) is 37.6 Å². The molecule has 1 aromatic rings. The number of rotatable bonds is 8. The van der Waals surface area contributed by atoms with E-state index < -0.39 is 0 Å². The van der Waals surface area contributed by atoms with Crippen molar-refractivity contribution in [1.29, 1.82) is 0 Å². The first-order chi connectivity index (χ1) is 8.69. The SMILES string of the molecule is CCC(C)NCc1ccc(CN(CC)CC)cc1. The van der Waals surface area contributed by atoms with Crippen LogP contribution in [0.2, 0.25) is 0 Å². The van der Waals surface area contributed by atoms with E-state index in [1.807, 2.05) is 0 Å². The minimum Gasteiger partial charge on any atom is -0.310 e. The Morgan fingerprint density at radius 2 is 1.56 bits per heavy atom. The Morgan fingerprint density at radius 3 is 2.06 bits per heavy atom. The molecule has 18 heavy (non-hydrogen) atoms. The predicted octanol–water partition coefficient (Wildman–Crippen LogP) is 3.42. The van der Waals surface area contributed by atoms with Crippen LogP contribution in [-0.2, 0) is 13.1 Å². The molecule has 0 fully saturated rings. The van der Waals surface area contributed by atoms with Crippen LogP contribution in [0.4, 0.5) is 0 Å². The summed E-state index contributed by atoms with van der Waals surface area (Å²) in [6.07, 6.45) is 1.18. The highest BCUT2D eigenvalue weighted by Crippen LogP contribution is 2.08. The van der Waals surface area contributed by atoms with Crippen LogP contribution >= 0.6 is 0 Å². The Labute approximate surface area is 112 Å². The van der Waals surface area contributed by atoms with E-state index in [4.69, 9.17) is 0 Å². The normalized spacial score (nSPS) is 12.9. The average Bonchev–Trinajstić information content (AvgIpc) is 2.43. The third-order valence-corrected chi connectivity index (χ3v) is 3.59. The number of hydrogen-bond donors (Lipinski definition) is 1. The molecule has 1 N–H and O–H groups in total. The van der Waals surface area contributed by atoms with Crippen LogP contribution in [0.3, 0.4) is 0 Å². The van der Waals surface area contributed by atoms with Gasteiger partial charge in [0.15, 0.2) is 0 Å². The molecule has 0 amide bonds. The predicted molar refractivity (Wildman–Crippen MR) is 79.7 cm³/mol. The van der Waals surface area contributed by atoms with Gasteiger partial charge in [-0.15, -0.1) is 0 Å². The molecule has 0 bridgehead atoms. The van der Waals surface area contributed by atoms with Crippen molar-refractivity contribution in [3.05, 3.63) is 35.4 Å². The minimum absolute atomic E-state index is 0.598. The molecule has 0 radical (unpaired) electrons. The van der Waals surface area contributed by atoms with Crippen LogP contribution < -0.4 is 5.32 Å². The molecule has 0 aromatic heterocycles. The maximum Gasteiger partial charge on any atom is 0.0233 e. The first-order valence-electron chi connectivity index (χ1n) is 7.23. The van der Waals surface area contributed by atoms with Crippen LogP contribution in [0.15, 0.2) is 24.3 Å². The van der Waals surface area contributed by atoms with Gasteiger partial charge in [0.25, 0.3) is 0 Å². The maximum absolute atomic E-state index is 3.52. The van der Waals surface area contributed by atoms with E-state index in [9.17, 15) is 0 Å². The highest BCUT2D eigenvalue weighted by Gasteiger charge is 2.02. The van der Waals surface area contributed by atoms with Crippen molar-refractivity contribution in [1.82, 2.24) is 10.2 Å². The molecule has 0 heterocycles. The zero-order valence-electron chi connectivity index (χ0n) is 12.4. The van der Waals surface area contributed by atoms with E-state index in [2.05, 4.69) is 62.2 Å². The van der Waals surface area contributed by atoms with Crippen molar-refractivity contribution < 1.29 is 0 Å².